The van der Waals surface area contributed by atoms with E-state index in [9.17, 15) is 14.0 Å². The number of carbonyl (C=O) groups excluding carboxylic acids is 2. The first-order valence-corrected chi connectivity index (χ1v) is 7.54. The minimum atomic E-state index is -1.12. The van der Waals surface area contributed by atoms with Gasteiger partial charge in [0.15, 0.2) is 0 Å². The maximum atomic E-state index is 13.1. The minimum Gasteiger partial charge on any atom is -0.368 e. The molecule has 0 atom stereocenters. The van der Waals surface area contributed by atoms with E-state index in [2.05, 4.69) is 10.4 Å². The van der Waals surface area contributed by atoms with Crippen LogP contribution in [-0.2, 0) is 16.0 Å². The Balaban J connectivity index is 2.25. The molecule has 0 saturated heterocycles. The first-order chi connectivity index (χ1) is 11.1. The fourth-order valence-corrected chi connectivity index (χ4v) is 2.38. The summed E-state index contributed by atoms with van der Waals surface area (Å²) in [5.41, 5.74) is 7.10. The van der Waals surface area contributed by atoms with E-state index in [4.69, 9.17) is 5.73 Å². The van der Waals surface area contributed by atoms with E-state index in [-0.39, 0.29) is 18.1 Å². The maximum Gasteiger partial charge on any atom is 0.242 e. The Hall–Kier alpha value is -2.70. The number of nitrogens with zero attached hydrogens (tertiary/aromatic N) is 2. The van der Waals surface area contributed by atoms with Gasteiger partial charge in [0.1, 0.15) is 11.4 Å². The lowest BCUT2D eigenvalue weighted by Crippen LogP contribution is -2.53. The van der Waals surface area contributed by atoms with Gasteiger partial charge in [0.25, 0.3) is 0 Å². The highest BCUT2D eigenvalue weighted by Crippen LogP contribution is 2.19. The van der Waals surface area contributed by atoms with E-state index in [0.29, 0.717) is 11.4 Å². The molecule has 6 nitrogen and oxygen atoms in total. The molecule has 1 aromatic carbocycles. The summed E-state index contributed by atoms with van der Waals surface area (Å²) in [5.74, 6) is -1.25. The molecule has 2 rings (SSSR count). The van der Waals surface area contributed by atoms with E-state index in [1.165, 1.54) is 12.1 Å². The second kappa shape index (κ2) is 6.43. The normalized spacial score (nSPS) is 11.4. The number of amides is 2. The lowest BCUT2D eigenvalue weighted by atomic mass is 10.0. The van der Waals surface area contributed by atoms with Gasteiger partial charge in [0.05, 0.1) is 17.8 Å². The molecule has 1 heterocycles. The second-order valence-electron chi connectivity index (χ2n) is 6.25. The zero-order chi connectivity index (χ0) is 18.1. The van der Waals surface area contributed by atoms with Gasteiger partial charge in [-0.05, 0) is 52.0 Å². The zero-order valence-electron chi connectivity index (χ0n) is 14.2. The molecule has 0 unspecified atom stereocenters. The van der Waals surface area contributed by atoms with Gasteiger partial charge in [-0.2, -0.15) is 5.10 Å². The van der Waals surface area contributed by atoms with Crippen molar-refractivity contribution in [2.45, 2.75) is 39.7 Å². The summed E-state index contributed by atoms with van der Waals surface area (Å²) < 4.78 is 14.7. The molecule has 0 fully saturated rings. The van der Waals surface area contributed by atoms with Gasteiger partial charge in [0, 0.05) is 11.3 Å². The third kappa shape index (κ3) is 3.61. The van der Waals surface area contributed by atoms with Crippen LogP contribution in [0.25, 0.3) is 5.69 Å². The topological polar surface area (TPSA) is 90.0 Å². The first-order valence-electron chi connectivity index (χ1n) is 7.54. The van der Waals surface area contributed by atoms with Crippen LogP contribution in [0.4, 0.5) is 4.39 Å². The monoisotopic (exact) mass is 332 g/mol. The summed E-state index contributed by atoms with van der Waals surface area (Å²) in [6, 6.07) is 5.95. The highest BCUT2D eigenvalue weighted by Gasteiger charge is 2.27. The molecule has 1 aromatic heterocycles. The lowest BCUT2D eigenvalue weighted by molar-refractivity contribution is -0.130. The van der Waals surface area contributed by atoms with Crippen molar-refractivity contribution < 1.29 is 14.0 Å². The number of primary amides is 1. The van der Waals surface area contributed by atoms with E-state index in [1.54, 1.807) is 37.6 Å². The number of halogens is 1. The van der Waals surface area contributed by atoms with Crippen LogP contribution in [0.2, 0.25) is 0 Å². The number of rotatable bonds is 5. The summed E-state index contributed by atoms with van der Waals surface area (Å²) in [5, 5.41) is 7.03. The Bertz CT molecular complexity index is 779. The van der Waals surface area contributed by atoms with Crippen LogP contribution >= 0.6 is 0 Å². The molecule has 2 amide bonds. The molecule has 0 aliphatic heterocycles. The summed E-state index contributed by atoms with van der Waals surface area (Å²) in [6.45, 7) is 6.74. The van der Waals surface area contributed by atoms with Crippen molar-refractivity contribution in [3.63, 3.8) is 0 Å². The van der Waals surface area contributed by atoms with Crippen LogP contribution in [-0.4, -0.2) is 27.1 Å². The summed E-state index contributed by atoms with van der Waals surface area (Å²) in [7, 11) is 0. The number of aromatic nitrogens is 2. The SMILES string of the molecule is Cc1nn(-c2ccc(F)cc2)c(C)c1CC(=O)NC(C)(C)C(N)=O. The Morgan fingerprint density at radius 3 is 2.38 bits per heavy atom. The Kier molecular flexibility index (Phi) is 4.73. The van der Waals surface area contributed by atoms with Gasteiger partial charge in [-0.15, -0.1) is 0 Å². The van der Waals surface area contributed by atoms with Crippen molar-refractivity contribution in [3.8, 4) is 5.69 Å². The molecule has 24 heavy (non-hydrogen) atoms. The quantitative estimate of drug-likeness (QED) is 0.870. The molecule has 0 bridgehead atoms. The number of aryl methyl sites for hydroxylation is 1. The standard InChI is InChI=1S/C17H21FN4O2/c1-10-14(9-15(23)20-17(3,4)16(19)24)11(2)22(21-10)13-7-5-12(18)6-8-13/h5-8H,9H2,1-4H3,(H2,19,24)(H,20,23). The molecule has 0 aliphatic carbocycles. The zero-order valence-corrected chi connectivity index (χ0v) is 14.2. The summed E-state index contributed by atoms with van der Waals surface area (Å²) in [6.07, 6.45) is 0.0789. The summed E-state index contributed by atoms with van der Waals surface area (Å²) in [4.78, 5) is 23.5. The highest BCUT2D eigenvalue weighted by atomic mass is 19.1. The molecule has 128 valence electrons. The number of hydrogen-bond donors (Lipinski definition) is 2. The number of nitrogens with two attached hydrogens (primary N) is 1. The van der Waals surface area contributed by atoms with Crippen LogP contribution in [0.1, 0.15) is 30.8 Å². The average molecular weight is 332 g/mol. The third-order valence-electron chi connectivity index (χ3n) is 3.92. The van der Waals surface area contributed by atoms with E-state index >= 15 is 0 Å². The molecular formula is C17H21FN4O2. The fraction of sp³-hybridized carbons (Fsp3) is 0.353. The van der Waals surface area contributed by atoms with Crippen molar-refractivity contribution in [3.05, 3.63) is 47.0 Å². The molecular weight excluding hydrogens is 311 g/mol. The van der Waals surface area contributed by atoms with Crippen LogP contribution < -0.4 is 11.1 Å². The Morgan fingerprint density at radius 1 is 1.25 bits per heavy atom. The predicted molar refractivity (Wildman–Crippen MR) is 88.1 cm³/mol. The van der Waals surface area contributed by atoms with Gasteiger partial charge in [0.2, 0.25) is 11.8 Å². The van der Waals surface area contributed by atoms with Gasteiger partial charge in [-0.3, -0.25) is 9.59 Å². The van der Waals surface area contributed by atoms with Gasteiger partial charge in [-0.25, -0.2) is 9.07 Å². The number of nitrogens with one attached hydrogen (secondary N) is 1. The fourth-order valence-electron chi connectivity index (χ4n) is 2.38. The second-order valence-corrected chi connectivity index (χ2v) is 6.25. The number of benzene rings is 1. The van der Waals surface area contributed by atoms with Crippen molar-refractivity contribution in [1.82, 2.24) is 15.1 Å². The number of hydrogen-bond acceptors (Lipinski definition) is 3. The molecule has 0 saturated carbocycles. The van der Waals surface area contributed by atoms with Crippen LogP contribution in [0.5, 0.6) is 0 Å². The average Bonchev–Trinajstić information content (AvgIpc) is 2.75. The maximum absolute atomic E-state index is 13.1. The predicted octanol–water partition coefficient (Wildman–Crippen LogP) is 1.55. The first kappa shape index (κ1) is 17.7. The summed E-state index contributed by atoms with van der Waals surface area (Å²) >= 11 is 0. The van der Waals surface area contributed by atoms with Crippen molar-refractivity contribution >= 4 is 11.8 Å². The Morgan fingerprint density at radius 2 is 1.83 bits per heavy atom. The van der Waals surface area contributed by atoms with E-state index in [0.717, 1.165) is 11.3 Å². The molecule has 2 aromatic rings. The van der Waals surface area contributed by atoms with Gasteiger partial charge in [-0.1, -0.05) is 0 Å². The number of carbonyl (C=O) groups is 2. The molecule has 3 N–H and O–H groups in total. The van der Waals surface area contributed by atoms with Crippen LogP contribution in [0, 0.1) is 19.7 Å². The van der Waals surface area contributed by atoms with Gasteiger partial charge < -0.3 is 11.1 Å². The minimum absolute atomic E-state index is 0.0789. The van der Waals surface area contributed by atoms with Crippen molar-refractivity contribution in [1.29, 1.82) is 0 Å². The highest BCUT2D eigenvalue weighted by molar-refractivity contribution is 5.90. The van der Waals surface area contributed by atoms with Crippen molar-refractivity contribution in [2.75, 3.05) is 0 Å². The smallest absolute Gasteiger partial charge is 0.242 e. The lowest BCUT2D eigenvalue weighted by Gasteiger charge is -2.22. The molecule has 0 aliphatic rings. The van der Waals surface area contributed by atoms with Gasteiger partial charge >= 0.3 is 0 Å². The van der Waals surface area contributed by atoms with Crippen LogP contribution in [0.15, 0.2) is 24.3 Å². The molecule has 0 radical (unpaired) electrons. The van der Waals surface area contributed by atoms with E-state index in [1.807, 2.05) is 6.92 Å². The molecule has 7 heteroatoms. The largest absolute Gasteiger partial charge is 0.368 e. The van der Waals surface area contributed by atoms with Crippen molar-refractivity contribution in [2.24, 2.45) is 5.73 Å². The van der Waals surface area contributed by atoms with Crippen LogP contribution in [0.3, 0.4) is 0 Å². The van der Waals surface area contributed by atoms with E-state index < -0.39 is 11.4 Å². The molecule has 0 spiro atoms. The Labute approximate surface area is 139 Å². The third-order valence-corrected chi connectivity index (χ3v) is 3.92.